The first-order valence-corrected chi connectivity index (χ1v) is 5.77. The highest BCUT2D eigenvalue weighted by atomic mass is 19.3. The third-order valence-corrected chi connectivity index (χ3v) is 2.17. The molecule has 0 aliphatic heterocycles. The summed E-state index contributed by atoms with van der Waals surface area (Å²) in [4.78, 5) is 11.6. The molecule has 1 aromatic carbocycles. The van der Waals surface area contributed by atoms with Crippen molar-refractivity contribution in [3.05, 3.63) is 18.2 Å². The van der Waals surface area contributed by atoms with E-state index in [9.17, 15) is 13.6 Å². The molecular formula is C12H16F2N2O4. The number of methoxy groups -OCH3 is 1. The van der Waals surface area contributed by atoms with Crippen molar-refractivity contribution in [2.75, 3.05) is 32.2 Å². The first-order chi connectivity index (χ1) is 9.56. The van der Waals surface area contributed by atoms with Gasteiger partial charge in [-0.15, -0.1) is 0 Å². The van der Waals surface area contributed by atoms with E-state index >= 15 is 0 Å². The maximum absolute atomic E-state index is 12.3. The van der Waals surface area contributed by atoms with Crippen molar-refractivity contribution in [2.45, 2.75) is 6.61 Å². The molecule has 20 heavy (non-hydrogen) atoms. The molecule has 6 nitrogen and oxygen atoms in total. The Morgan fingerprint density at radius 1 is 1.45 bits per heavy atom. The number of hydrogen-bond acceptors (Lipinski definition) is 5. The number of carbonyl (C=O) groups is 1. The number of alkyl halides is 2. The zero-order chi connectivity index (χ0) is 15.0. The van der Waals surface area contributed by atoms with Crippen LogP contribution in [0.15, 0.2) is 18.2 Å². The van der Waals surface area contributed by atoms with Crippen LogP contribution in [0.3, 0.4) is 0 Å². The fourth-order valence-corrected chi connectivity index (χ4v) is 1.37. The lowest BCUT2D eigenvalue weighted by atomic mass is 10.2. The van der Waals surface area contributed by atoms with Crippen LogP contribution >= 0.6 is 0 Å². The average Bonchev–Trinajstić information content (AvgIpc) is 2.40. The molecule has 0 saturated heterocycles. The molecule has 0 heterocycles. The number of halogens is 2. The fraction of sp³-hybridized carbons (Fsp3) is 0.417. The van der Waals surface area contributed by atoms with E-state index in [0.29, 0.717) is 5.75 Å². The van der Waals surface area contributed by atoms with Gasteiger partial charge in [0.2, 0.25) is 5.91 Å². The highest BCUT2D eigenvalue weighted by Gasteiger charge is 2.13. The molecule has 0 fully saturated rings. The van der Waals surface area contributed by atoms with E-state index in [2.05, 4.69) is 10.1 Å². The second-order valence-electron chi connectivity index (χ2n) is 3.63. The van der Waals surface area contributed by atoms with Crippen LogP contribution in [0.25, 0.3) is 0 Å². The van der Waals surface area contributed by atoms with E-state index in [-0.39, 0.29) is 31.2 Å². The number of hydrogen-bond donors (Lipinski definition) is 2. The molecule has 112 valence electrons. The molecule has 0 unspecified atom stereocenters. The van der Waals surface area contributed by atoms with E-state index in [1.54, 1.807) is 0 Å². The summed E-state index contributed by atoms with van der Waals surface area (Å²) < 4.78 is 38.7. The predicted octanol–water partition coefficient (Wildman–Crippen LogP) is 1.21. The van der Waals surface area contributed by atoms with Gasteiger partial charge < -0.3 is 25.3 Å². The van der Waals surface area contributed by atoms with Crippen molar-refractivity contribution in [2.24, 2.45) is 5.73 Å². The Balaban J connectivity index is 2.76. The number of nitrogens with two attached hydrogens (primary N) is 1. The van der Waals surface area contributed by atoms with Gasteiger partial charge >= 0.3 is 6.61 Å². The topological polar surface area (TPSA) is 82.8 Å². The number of anilines is 1. The van der Waals surface area contributed by atoms with Crippen LogP contribution in [0.2, 0.25) is 0 Å². The standard InChI is InChI=1S/C12H16F2N2O4/c1-18-8-2-3-10(20-12(13)14)9(6-8)16-11(17)7-19-5-4-15/h2-3,6,12H,4-5,7,15H2,1H3,(H,16,17). The summed E-state index contributed by atoms with van der Waals surface area (Å²) in [5.41, 5.74) is 5.28. The Kier molecular flexibility index (Phi) is 6.68. The van der Waals surface area contributed by atoms with Crippen LogP contribution in [0.1, 0.15) is 0 Å². The van der Waals surface area contributed by atoms with Gasteiger partial charge in [0.1, 0.15) is 18.1 Å². The summed E-state index contributed by atoms with van der Waals surface area (Å²) in [5.74, 6) is -0.274. The summed E-state index contributed by atoms with van der Waals surface area (Å²) in [6.07, 6.45) is 0. The average molecular weight is 290 g/mol. The number of carbonyl (C=O) groups excluding carboxylic acids is 1. The SMILES string of the molecule is COc1ccc(OC(F)F)c(NC(=O)COCCN)c1. The Morgan fingerprint density at radius 3 is 2.80 bits per heavy atom. The van der Waals surface area contributed by atoms with Crippen molar-refractivity contribution in [3.8, 4) is 11.5 Å². The lowest BCUT2D eigenvalue weighted by molar-refractivity contribution is -0.120. The zero-order valence-corrected chi connectivity index (χ0v) is 10.9. The first-order valence-electron chi connectivity index (χ1n) is 5.77. The summed E-state index contributed by atoms with van der Waals surface area (Å²) in [5, 5.41) is 2.41. The van der Waals surface area contributed by atoms with Gasteiger partial charge in [0.15, 0.2) is 0 Å². The molecule has 1 amide bonds. The van der Waals surface area contributed by atoms with Gasteiger partial charge in [0.25, 0.3) is 0 Å². The van der Waals surface area contributed by atoms with Crippen LogP contribution < -0.4 is 20.5 Å². The van der Waals surface area contributed by atoms with E-state index in [1.807, 2.05) is 0 Å². The summed E-state index contributed by atoms with van der Waals surface area (Å²) in [6, 6.07) is 4.10. The fourth-order valence-electron chi connectivity index (χ4n) is 1.37. The number of nitrogens with one attached hydrogen (secondary N) is 1. The van der Waals surface area contributed by atoms with Crippen molar-refractivity contribution in [1.82, 2.24) is 0 Å². The van der Waals surface area contributed by atoms with Crippen molar-refractivity contribution >= 4 is 11.6 Å². The molecule has 0 aromatic heterocycles. The van der Waals surface area contributed by atoms with Crippen LogP contribution in [-0.4, -0.2) is 39.4 Å². The second-order valence-corrected chi connectivity index (χ2v) is 3.63. The van der Waals surface area contributed by atoms with E-state index in [0.717, 1.165) is 0 Å². The minimum absolute atomic E-state index is 0.0750. The van der Waals surface area contributed by atoms with Crippen molar-refractivity contribution in [3.63, 3.8) is 0 Å². The first kappa shape index (κ1) is 16.1. The second kappa shape index (κ2) is 8.28. The molecular weight excluding hydrogens is 274 g/mol. The molecule has 0 aliphatic rings. The Labute approximate surface area is 114 Å². The maximum atomic E-state index is 12.3. The lowest BCUT2D eigenvalue weighted by Gasteiger charge is -2.13. The molecule has 3 N–H and O–H groups in total. The quantitative estimate of drug-likeness (QED) is 0.703. The van der Waals surface area contributed by atoms with Crippen LogP contribution in [-0.2, 0) is 9.53 Å². The highest BCUT2D eigenvalue weighted by molar-refractivity contribution is 5.93. The van der Waals surface area contributed by atoms with E-state index in [4.69, 9.17) is 15.2 Å². The third-order valence-electron chi connectivity index (χ3n) is 2.17. The minimum atomic E-state index is -2.99. The number of ether oxygens (including phenoxy) is 3. The number of rotatable bonds is 8. The lowest BCUT2D eigenvalue weighted by Crippen LogP contribution is -2.21. The smallest absolute Gasteiger partial charge is 0.387 e. The van der Waals surface area contributed by atoms with Crippen LogP contribution in [0.5, 0.6) is 11.5 Å². The van der Waals surface area contributed by atoms with Crippen molar-refractivity contribution in [1.29, 1.82) is 0 Å². The zero-order valence-electron chi connectivity index (χ0n) is 10.9. The Morgan fingerprint density at radius 2 is 2.20 bits per heavy atom. The van der Waals surface area contributed by atoms with Crippen molar-refractivity contribution < 1.29 is 27.8 Å². The summed E-state index contributed by atoms with van der Waals surface area (Å²) in [6.45, 7) is -2.71. The molecule has 8 heteroatoms. The van der Waals surface area contributed by atoms with Gasteiger partial charge in [-0.25, -0.2) is 0 Å². The summed E-state index contributed by atoms with van der Waals surface area (Å²) >= 11 is 0. The van der Waals surface area contributed by atoms with Crippen LogP contribution in [0, 0.1) is 0 Å². The molecule has 0 bridgehead atoms. The molecule has 1 rings (SSSR count). The van der Waals surface area contributed by atoms with Gasteiger partial charge in [-0.2, -0.15) is 8.78 Å². The highest BCUT2D eigenvalue weighted by Crippen LogP contribution is 2.30. The molecule has 0 atom stereocenters. The Bertz CT molecular complexity index is 443. The van der Waals surface area contributed by atoms with Gasteiger partial charge in [0.05, 0.1) is 19.4 Å². The largest absolute Gasteiger partial charge is 0.497 e. The minimum Gasteiger partial charge on any atom is -0.497 e. The monoisotopic (exact) mass is 290 g/mol. The van der Waals surface area contributed by atoms with E-state index in [1.165, 1.54) is 25.3 Å². The van der Waals surface area contributed by atoms with Gasteiger partial charge in [-0.3, -0.25) is 4.79 Å². The maximum Gasteiger partial charge on any atom is 0.387 e. The Hall–Kier alpha value is -1.93. The molecule has 0 saturated carbocycles. The number of benzene rings is 1. The van der Waals surface area contributed by atoms with E-state index < -0.39 is 12.5 Å². The van der Waals surface area contributed by atoms with Crippen LogP contribution in [0.4, 0.5) is 14.5 Å². The molecule has 0 radical (unpaired) electrons. The van der Waals surface area contributed by atoms with Gasteiger partial charge in [0, 0.05) is 12.6 Å². The molecule has 0 aliphatic carbocycles. The third kappa shape index (κ3) is 5.37. The molecule has 1 aromatic rings. The van der Waals surface area contributed by atoms with Gasteiger partial charge in [-0.1, -0.05) is 0 Å². The molecule has 0 spiro atoms. The normalized spacial score (nSPS) is 10.4. The summed E-state index contributed by atoms with van der Waals surface area (Å²) in [7, 11) is 1.42. The predicted molar refractivity (Wildman–Crippen MR) is 68.1 cm³/mol. The van der Waals surface area contributed by atoms with Gasteiger partial charge in [-0.05, 0) is 12.1 Å². The number of amides is 1.